The fraction of sp³-hybridized carbons (Fsp3) is 0.286. The van der Waals surface area contributed by atoms with Gasteiger partial charge in [0.2, 0.25) is 5.91 Å². The third-order valence-electron chi connectivity index (χ3n) is 3.20. The Hall–Kier alpha value is -1.68. The summed E-state index contributed by atoms with van der Waals surface area (Å²) in [4.78, 5) is 16.3. The van der Waals surface area contributed by atoms with E-state index in [0.717, 1.165) is 12.1 Å². The number of carbonyl (C=O) groups excluding carboxylic acids is 1. The molecule has 1 aromatic heterocycles. The Kier molecular flexibility index (Phi) is 2.88. The van der Waals surface area contributed by atoms with Crippen LogP contribution in [-0.2, 0) is 4.79 Å². The highest BCUT2D eigenvalue weighted by Gasteiger charge is 2.43. The third kappa shape index (κ3) is 2.29. The number of hydrogen-bond donors (Lipinski definition) is 1. The Morgan fingerprint density at radius 1 is 1.39 bits per heavy atom. The molecule has 0 unspecified atom stereocenters. The standard InChI is InChI=1S/C14H14N2OS/c1-9-8-18-14(15-9)16-13(17)12-7-11(12)10-5-3-2-4-6-10/h2-6,8,11-12H,7H2,1H3,(H,15,16,17)/t11-,12-/m0/s1. The highest BCUT2D eigenvalue weighted by Crippen LogP contribution is 2.47. The van der Waals surface area contributed by atoms with Gasteiger partial charge >= 0.3 is 0 Å². The average Bonchev–Trinajstić information content (AvgIpc) is 3.09. The minimum atomic E-state index is 0.0956. The summed E-state index contributed by atoms with van der Waals surface area (Å²) < 4.78 is 0. The maximum atomic E-state index is 12.0. The van der Waals surface area contributed by atoms with Crippen molar-refractivity contribution in [1.29, 1.82) is 0 Å². The SMILES string of the molecule is Cc1csc(NC(=O)[C@H]2C[C@H]2c2ccccc2)n1. The first kappa shape index (κ1) is 11.4. The van der Waals surface area contributed by atoms with Crippen molar-refractivity contribution >= 4 is 22.4 Å². The Bertz CT molecular complexity index is 564. The maximum Gasteiger partial charge on any atom is 0.229 e. The fourth-order valence-electron chi connectivity index (χ4n) is 2.16. The number of nitrogens with one attached hydrogen (secondary N) is 1. The largest absolute Gasteiger partial charge is 0.302 e. The minimum Gasteiger partial charge on any atom is -0.302 e. The molecule has 0 aliphatic heterocycles. The van der Waals surface area contributed by atoms with Gasteiger partial charge in [-0.05, 0) is 24.8 Å². The summed E-state index contributed by atoms with van der Waals surface area (Å²) in [5.41, 5.74) is 2.21. The number of aromatic nitrogens is 1. The molecule has 3 nitrogen and oxygen atoms in total. The number of rotatable bonds is 3. The summed E-state index contributed by atoms with van der Waals surface area (Å²) in [6.07, 6.45) is 0.945. The first-order valence-corrected chi connectivity index (χ1v) is 6.90. The van der Waals surface area contributed by atoms with Crippen molar-refractivity contribution in [3.63, 3.8) is 0 Å². The lowest BCUT2D eigenvalue weighted by molar-refractivity contribution is -0.117. The van der Waals surface area contributed by atoms with E-state index in [-0.39, 0.29) is 11.8 Å². The molecule has 92 valence electrons. The van der Waals surface area contributed by atoms with Crippen LogP contribution in [-0.4, -0.2) is 10.9 Å². The van der Waals surface area contributed by atoms with E-state index in [2.05, 4.69) is 22.4 Å². The molecule has 4 heteroatoms. The van der Waals surface area contributed by atoms with Crippen LogP contribution in [0.2, 0.25) is 0 Å². The molecule has 1 saturated carbocycles. The maximum absolute atomic E-state index is 12.0. The molecule has 2 atom stereocenters. The third-order valence-corrected chi connectivity index (χ3v) is 4.08. The molecule has 1 aliphatic rings. The van der Waals surface area contributed by atoms with Gasteiger partial charge in [-0.3, -0.25) is 4.79 Å². The van der Waals surface area contributed by atoms with Gasteiger partial charge in [0.15, 0.2) is 5.13 Å². The molecule has 1 amide bonds. The quantitative estimate of drug-likeness (QED) is 0.918. The van der Waals surface area contributed by atoms with Crippen LogP contribution in [0.3, 0.4) is 0 Å². The summed E-state index contributed by atoms with van der Waals surface area (Å²) in [5, 5.41) is 5.54. The monoisotopic (exact) mass is 258 g/mol. The van der Waals surface area contributed by atoms with E-state index >= 15 is 0 Å². The molecule has 2 aromatic rings. The fourth-order valence-corrected chi connectivity index (χ4v) is 2.85. The number of benzene rings is 1. The van der Waals surface area contributed by atoms with E-state index in [1.807, 2.05) is 30.5 Å². The summed E-state index contributed by atoms with van der Waals surface area (Å²) >= 11 is 1.48. The zero-order chi connectivity index (χ0) is 12.5. The van der Waals surface area contributed by atoms with Crippen LogP contribution < -0.4 is 5.32 Å². The van der Waals surface area contributed by atoms with Crippen molar-refractivity contribution in [1.82, 2.24) is 4.98 Å². The number of nitrogens with zero attached hydrogens (tertiary/aromatic N) is 1. The van der Waals surface area contributed by atoms with E-state index in [4.69, 9.17) is 0 Å². The van der Waals surface area contributed by atoms with Crippen LogP contribution in [0.25, 0.3) is 0 Å². The predicted octanol–water partition coefficient (Wildman–Crippen LogP) is 3.19. The van der Waals surface area contributed by atoms with E-state index in [9.17, 15) is 4.79 Å². The number of thiazole rings is 1. The molecule has 0 bridgehead atoms. The van der Waals surface area contributed by atoms with Crippen LogP contribution in [0.4, 0.5) is 5.13 Å². The van der Waals surface area contributed by atoms with E-state index in [0.29, 0.717) is 11.0 Å². The van der Waals surface area contributed by atoms with Crippen molar-refractivity contribution in [3.05, 3.63) is 47.0 Å². The van der Waals surface area contributed by atoms with Gasteiger partial charge in [0.25, 0.3) is 0 Å². The number of aryl methyl sites for hydroxylation is 1. The van der Waals surface area contributed by atoms with Crippen molar-refractivity contribution in [2.24, 2.45) is 5.92 Å². The van der Waals surface area contributed by atoms with Gasteiger partial charge in [-0.2, -0.15) is 0 Å². The van der Waals surface area contributed by atoms with Gasteiger partial charge < -0.3 is 5.32 Å². The van der Waals surface area contributed by atoms with E-state index < -0.39 is 0 Å². The molecule has 1 heterocycles. The van der Waals surface area contributed by atoms with Crippen molar-refractivity contribution in [2.75, 3.05) is 5.32 Å². The lowest BCUT2D eigenvalue weighted by Gasteiger charge is -2.01. The van der Waals surface area contributed by atoms with Crippen LogP contribution in [0.5, 0.6) is 0 Å². The molecule has 1 N–H and O–H groups in total. The highest BCUT2D eigenvalue weighted by molar-refractivity contribution is 7.13. The Balaban J connectivity index is 1.63. The van der Waals surface area contributed by atoms with Crippen LogP contribution in [0.1, 0.15) is 23.6 Å². The first-order valence-electron chi connectivity index (χ1n) is 6.02. The van der Waals surface area contributed by atoms with Gasteiger partial charge in [0.05, 0.1) is 5.69 Å². The average molecular weight is 258 g/mol. The molecule has 1 aromatic carbocycles. The molecule has 3 rings (SSSR count). The Labute approximate surface area is 110 Å². The van der Waals surface area contributed by atoms with Gasteiger partial charge in [-0.25, -0.2) is 4.98 Å². The number of anilines is 1. The van der Waals surface area contributed by atoms with Gasteiger partial charge in [-0.15, -0.1) is 11.3 Å². The van der Waals surface area contributed by atoms with Gasteiger partial charge in [-0.1, -0.05) is 30.3 Å². The van der Waals surface area contributed by atoms with E-state index in [1.165, 1.54) is 16.9 Å². The Morgan fingerprint density at radius 3 is 2.83 bits per heavy atom. The first-order chi connectivity index (χ1) is 8.74. The lowest BCUT2D eigenvalue weighted by Crippen LogP contribution is -2.14. The summed E-state index contributed by atoms with van der Waals surface area (Å²) in [7, 11) is 0. The lowest BCUT2D eigenvalue weighted by atomic mass is 10.1. The predicted molar refractivity (Wildman–Crippen MR) is 72.8 cm³/mol. The molecule has 0 saturated heterocycles. The highest BCUT2D eigenvalue weighted by atomic mass is 32.1. The van der Waals surface area contributed by atoms with E-state index in [1.54, 1.807) is 0 Å². The second kappa shape index (κ2) is 4.53. The topological polar surface area (TPSA) is 42.0 Å². The number of carbonyl (C=O) groups is 1. The molecule has 0 spiro atoms. The van der Waals surface area contributed by atoms with Crippen molar-refractivity contribution < 1.29 is 4.79 Å². The summed E-state index contributed by atoms with van der Waals surface area (Å²) in [6, 6.07) is 10.2. The smallest absolute Gasteiger partial charge is 0.229 e. The molecule has 18 heavy (non-hydrogen) atoms. The Morgan fingerprint density at radius 2 is 2.17 bits per heavy atom. The number of hydrogen-bond acceptors (Lipinski definition) is 3. The molecule has 1 fully saturated rings. The number of amides is 1. The van der Waals surface area contributed by atoms with Crippen molar-refractivity contribution in [3.8, 4) is 0 Å². The van der Waals surface area contributed by atoms with Gasteiger partial charge in [0, 0.05) is 11.3 Å². The second-order valence-electron chi connectivity index (χ2n) is 4.64. The zero-order valence-electron chi connectivity index (χ0n) is 10.1. The molecule has 0 radical (unpaired) electrons. The van der Waals surface area contributed by atoms with Crippen LogP contribution in [0.15, 0.2) is 35.7 Å². The van der Waals surface area contributed by atoms with Gasteiger partial charge in [0.1, 0.15) is 0 Å². The normalized spacial score (nSPS) is 21.6. The van der Waals surface area contributed by atoms with Crippen LogP contribution >= 0.6 is 11.3 Å². The van der Waals surface area contributed by atoms with Crippen molar-refractivity contribution in [2.45, 2.75) is 19.3 Å². The zero-order valence-corrected chi connectivity index (χ0v) is 10.9. The molecular formula is C14H14N2OS. The summed E-state index contributed by atoms with van der Waals surface area (Å²) in [5.74, 6) is 0.585. The van der Waals surface area contributed by atoms with Crippen LogP contribution in [0, 0.1) is 12.8 Å². The molecular weight excluding hydrogens is 244 g/mol. The second-order valence-corrected chi connectivity index (χ2v) is 5.50. The molecule has 1 aliphatic carbocycles. The summed E-state index contributed by atoms with van der Waals surface area (Å²) in [6.45, 7) is 1.93. The minimum absolute atomic E-state index is 0.0956.